The molecule has 0 bridgehead atoms. The maximum Gasteiger partial charge on any atom is 0.243 e. The summed E-state index contributed by atoms with van der Waals surface area (Å²) in [5.41, 5.74) is 1.87. The number of hydrogen-bond donors (Lipinski definition) is 2. The molecule has 0 aromatic heterocycles. The first-order valence-corrected chi connectivity index (χ1v) is 10.2. The van der Waals surface area contributed by atoms with Crippen LogP contribution >= 0.6 is 23.5 Å². The highest BCUT2D eigenvalue weighted by atomic mass is 32.2. The molecule has 0 atom stereocenters. The van der Waals surface area contributed by atoms with Crippen molar-refractivity contribution < 1.29 is 4.92 Å². The number of benzene rings is 1. The molecule has 0 fully saturated rings. The Balaban J connectivity index is 1.95. The van der Waals surface area contributed by atoms with Crippen molar-refractivity contribution in [1.29, 1.82) is 0 Å². The van der Waals surface area contributed by atoms with E-state index in [2.05, 4.69) is 34.9 Å². The standard InChI is InChI=1S/C16H25N3O2S2/c1-16(19(20)21)12-17-6-8-22-10-14-4-2-3-5-15(14)11-23-9-7-18-13-16/h2-5,17-18H,6-13H2,1H3. The van der Waals surface area contributed by atoms with Gasteiger partial charge in [0, 0.05) is 47.9 Å². The quantitative estimate of drug-likeness (QED) is 0.596. The number of thioether (sulfide) groups is 2. The van der Waals surface area contributed by atoms with E-state index in [1.165, 1.54) is 11.1 Å². The Labute approximate surface area is 146 Å². The summed E-state index contributed by atoms with van der Waals surface area (Å²) < 4.78 is 0. The molecule has 1 aromatic carbocycles. The largest absolute Gasteiger partial charge is 0.309 e. The highest BCUT2D eigenvalue weighted by Gasteiger charge is 2.36. The van der Waals surface area contributed by atoms with E-state index in [1.54, 1.807) is 6.92 Å². The molecule has 1 aromatic rings. The number of rotatable bonds is 1. The van der Waals surface area contributed by atoms with Crippen LogP contribution in [0.2, 0.25) is 0 Å². The predicted molar refractivity (Wildman–Crippen MR) is 99.9 cm³/mol. The van der Waals surface area contributed by atoms with Crippen LogP contribution in [0.1, 0.15) is 18.1 Å². The van der Waals surface area contributed by atoms with Gasteiger partial charge in [-0.25, -0.2) is 0 Å². The molecule has 5 nitrogen and oxygen atoms in total. The Kier molecular flexibility index (Phi) is 7.69. The van der Waals surface area contributed by atoms with E-state index in [4.69, 9.17) is 0 Å². The first-order chi connectivity index (χ1) is 11.1. The zero-order valence-corrected chi connectivity index (χ0v) is 15.2. The fourth-order valence-electron chi connectivity index (χ4n) is 2.40. The van der Waals surface area contributed by atoms with Gasteiger partial charge in [-0.15, -0.1) is 0 Å². The van der Waals surface area contributed by atoms with E-state index in [9.17, 15) is 10.1 Å². The van der Waals surface area contributed by atoms with Crippen LogP contribution in [-0.4, -0.2) is 48.1 Å². The Morgan fingerprint density at radius 3 is 1.96 bits per heavy atom. The lowest BCUT2D eigenvalue weighted by Crippen LogP contribution is -2.52. The van der Waals surface area contributed by atoms with Crippen molar-refractivity contribution in [3.8, 4) is 0 Å². The van der Waals surface area contributed by atoms with Crippen molar-refractivity contribution in [2.24, 2.45) is 0 Å². The lowest BCUT2D eigenvalue weighted by molar-refractivity contribution is -0.560. The Morgan fingerprint density at radius 1 is 1.04 bits per heavy atom. The number of nitro groups is 1. The van der Waals surface area contributed by atoms with Gasteiger partial charge in [-0.1, -0.05) is 24.3 Å². The van der Waals surface area contributed by atoms with Crippen molar-refractivity contribution in [3.63, 3.8) is 0 Å². The van der Waals surface area contributed by atoms with E-state index < -0.39 is 5.54 Å². The molecular weight excluding hydrogens is 330 g/mol. The number of hydrogen-bond acceptors (Lipinski definition) is 6. The average Bonchev–Trinajstić information content (AvgIpc) is 2.55. The van der Waals surface area contributed by atoms with Crippen LogP contribution in [-0.2, 0) is 11.5 Å². The molecule has 2 rings (SSSR count). The van der Waals surface area contributed by atoms with Gasteiger partial charge < -0.3 is 10.6 Å². The molecule has 1 aliphatic rings. The summed E-state index contributed by atoms with van der Waals surface area (Å²) in [5.74, 6) is 3.93. The van der Waals surface area contributed by atoms with E-state index in [-0.39, 0.29) is 4.92 Å². The van der Waals surface area contributed by atoms with Crippen molar-refractivity contribution in [1.82, 2.24) is 10.6 Å². The van der Waals surface area contributed by atoms with Gasteiger partial charge in [0.2, 0.25) is 5.54 Å². The highest BCUT2D eigenvalue weighted by molar-refractivity contribution is 7.98. The zero-order valence-electron chi connectivity index (χ0n) is 13.5. The first kappa shape index (κ1) is 18.6. The lowest BCUT2D eigenvalue weighted by atomic mass is 10.0. The predicted octanol–water partition coefficient (Wildman–Crippen LogP) is 2.38. The van der Waals surface area contributed by atoms with Gasteiger partial charge in [0.1, 0.15) is 0 Å². The second kappa shape index (κ2) is 9.52. The van der Waals surface area contributed by atoms with Crippen molar-refractivity contribution in [2.75, 3.05) is 37.7 Å². The minimum atomic E-state index is -0.946. The van der Waals surface area contributed by atoms with E-state index in [1.807, 2.05) is 23.5 Å². The maximum atomic E-state index is 11.3. The number of nitrogens with zero attached hydrogens (tertiary/aromatic N) is 1. The summed E-state index contributed by atoms with van der Waals surface area (Å²) in [6.45, 7) is 4.10. The maximum absolute atomic E-state index is 11.3. The molecule has 128 valence electrons. The molecule has 0 saturated carbocycles. The summed E-state index contributed by atoms with van der Waals surface area (Å²) in [6.07, 6.45) is 0. The third-order valence-electron chi connectivity index (χ3n) is 3.93. The molecule has 0 radical (unpaired) electrons. The summed E-state index contributed by atoms with van der Waals surface area (Å²) in [5, 5.41) is 17.8. The lowest BCUT2D eigenvalue weighted by Gasteiger charge is -2.22. The Hall–Kier alpha value is -0.760. The van der Waals surface area contributed by atoms with Gasteiger partial charge in [-0.3, -0.25) is 10.1 Å². The fraction of sp³-hybridized carbons (Fsp3) is 0.625. The van der Waals surface area contributed by atoms with Gasteiger partial charge in [0.05, 0.1) is 13.1 Å². The Morgan fingerprint density at radius 2 is 1.52 bits per heavy atom. The monoisotopic (exact) mass is 355 g/mol. The molecule has 1 aliphatic heterocycles. The average molecular weight is 356 g/mol. The second-order valence-electron chi connectivity index (χ2n) is 5.98. The van der Waals surface area contributed by atoms with Crippen molar-refractivity contribution in [2.45, 2.75) is 24.0 Å². The van der Waals surface area contributed by atoms with E-state index in [0.717, 1.165) is 36.1 Å². The van der Waals surface area contributed by atoms with Crippen LogP contribution in [0.5, 0.6) is 0 Å². The topological polar surface area (TPSA) is 67.2 Å². The van der Waals surface area contributed by atoms with Crippen molar-refractivity contribution in [3.05, 3.63) is 45.5 Å². The summed E-state index contributed by atoms with van der Waals surface area (Å²) >= 11 is 3.76. The van der Waals surface area contributed by atoms with Gasteiger partial charge in [0.25, 0.3) is 0 Å². The second-order valence-corrected chi connectivity index (χ2v) is 8.19. The summed E-state index contributed by atoms with van der Waals surface area (Å²) in [7, 11) is 0. The minimum absolute atomic E-state index is 0.165. The number of nitrogens with one attached hydrogen (secondary N) is 2. The normalized spacial score (nSPS) is 20.7. The van der Waals surface area contributed by atoms with E-state index >= 15 is 0 Å². The van der Waals surface area contributed by atoms with E-state index in [0.29, 0.717) is 13.1 Å². The number of fused-ring (bicyclic) bond motifs is 1. The van der Waals surface area contributed by atoms with Crippen LogP contribution in [0.25, 0.3) is 0 Å². The molecular formula is C16H25N3O2S2. The van der Waals surface area contributed by atoms with Crippen LogP contribution in [0.3, 0.4) is 0 Å². The molecule has 0 unspecified atom stereocenters. The zero-order chi connectivity index (χ0) is 16.5. The van der Waals surface area contributed by atoms with Crippen LogP contribution in [0.4, 0.5) is 0 Å². The van der Waals surface area contributed by atoms with Gasteiger partial charge in [-0.05, 0) is 11.1 Å². The van der Waals surface area contributed by atoms with Crippen LogP contribution < -0.4 is 10.6 Å². The molecule has 0 saturated heterocycles. The Bertz CT molecular complexity index is 479. The first-order valence-electron chi connectivity index (χ1n) is 7.90. The molecule has 7 heteroatoms. The van der Waals surface area contributed by atoms with Gasteiger partial charge in [-0.2, -0.15) is 23.5 Å². The minimum Gasteiger partial charge on any atom is -0.309 e. The molecule has 1 heterocycles. The fourth-order valence-corrected chi connectivity index (χ4v) is 4.27. The molecule has 23 heavy (non-hydrogen) atoms. The summed E-state index contributed by atoms with van der Waals surface area (Å²) in [4.78, 5) is 11.2. The molecule has 2 N–H and O–H groups in total. The molecule has 0 spiro atoms. The van der Waals surface area contributed by atoms with Gasteiger partial charge in [0.15, 0.2) is 0 Å². The molecule has 0 amide bonds. The van der Waals surface area contributed by atoms with Gasteiger partial charge >= 0.3 is 0 Å². The van der Waals surface area contributed by atoms with Crippen LogP contribution in [0, 0.1) is 10.1 Å². The summed E-state index contributed by atoms with van der Waals surface area (Å²) in [6, 6.07) is 8.61. The smallest absolute Gasteiger partial charge is 0.243 e. The van der Waals surface area contributed by atoms with Crippen LogP contribution in [0.15, 0.2) is 24.3 Å². The third kappa shape index (κ3) is 5.99. The molecule has 0 aliphatic carbocycles. The third-order valence-corrected chi connectivity index (χ3v) is 5.95. The SMILES string of the molecule is CC1([N+](=O)[O-])CNCCSCc2ccccc2CSCCNC1. The van der Waals surface area contributed by atoms with Crippen molar-refractivity contribution >= 4 is 23.5 Å². The highest BCUT2D eigenvalue weighted by Crippen LogP contribution is 2.21.